The van der Waals surface area contributed by atoms with E-state index in [2.05, 4.69) is 20.2 Å². The number of hydrogen-bond acceptors (Lipinski definition) is 7. The number of fused-ring (bicyclic) bond motifs is 1. The first-order valence-electron chi connectivity index (χ1n) is 12.0. The lowest BCUT2D eigenvalue weighted by molar-refractivity contribution is -0.139. The Morgan fingerprint density at radius 1 is 1.05 bits per heavy atom. The average molecular weight is 529 g/mol. The van der Waals surface area contributed by atoms with Gasteiger partial charge >= 0.3 is 6.18 Å². The van der Waals surface area contributed by atoms with Gasteiger partial charge in [-0.05, 0) is 70.0 Å². The molecule has 38 heavy (non-hydrogen) atoms. The Balaban J connectivity index is 1.55. The van der Waals surface area contributed by atoms with Crippen molar-refractivity contribution >= 4 is 0 Å². The van der Waals surface area contributed by atoms with Crippen molar-refractivity contribution in [3.05, 3.63) is 66.0 Å². The van der Waals surface area contributed by atoms with Crippen LogP contribution >= 0.6 is 0 Å². The Hall–Kier alpha value is -3.93. The maximum absolute atomic E-state index is 13.1. The molecule has 0 fully saturated rings. The Bertz CT molecular complexity index is 1460. The molecule has 4 heterocycles. The molecule has 3 aromatic heterocycles. The Morgan fingerprint density at radius 2 is 1.79 bits per heavy atom. The number of imidazole rings is 1. The zero-order chi connectivity index (χ0) is 27.3. The largest absolute Gasteiger partial charge is 0.479 e. The molecule has 1 aromatic carbocycles. The lowest BCUT2D eigenvalue weighted by Gasteiger charge is -2.44. The van der Waals surface area contributed by atoms with Crippen molar-refractivity contribution in [1.29, 1.82) is 0 Å². The minimum Gasteiger partial charge on any atom is -0.479 e. The van der Waals surface area contributed by atoms with Crippen LogP contribution < -0.4 is 9.47 Å². The molecular weight excluding hydrogens is 501 g/mol. The highest BCUT2D eigenvalue weighted by molar-refractivity contribution is 5.56. The third kappa shape index (κ3) is 4.38. The summed E-state index contributed by atoms with van der Waals surface area (Å²) in [6.45, 7) is 5.60. The molecule has 0 aliphatic carbocycles. The third-order valence-electron chi connectivity index (χ3n) is 6.74. The fourth-order valence-corrected chi connectivity index (χ4v) is 4.77. The number of benzene rings is 1. The first-order chi connectivity index (χ1) is 17.9. The van der Waals surface area contributed by atoms with Crippen LogP contribution in [0, 0.1) is 6.92 Å². The quantitative estimate of drug-likeness (QED) is 0.387. The highest BCUT2D eigenvalue weighted by atomic mass is 19.4. The highest BCUT2D eigenvalue weighted by Crippen LogP contribution is 2.45. The number of halogens is 3. The maximum Gasteiger partial charge on any atom is 0.416 e. The molecule has 1 unspecified atom stereocenters. The average Bonchev–Trinajstić information content (AvgIpc) is 3.50. The first kappa shape index (κ1) is 25.7. The van der Waals surface area contributed by atoms with Crippen molar-refractivity contribution in [2.45, 2.75) is 57.5 Å². The van der Waals surface area contributed by atoms with Crippen molar-refractivity contribution in [3.63, 3.8) is 0 Å². The topological polar surface area (TPSA) is 100 Å². The molecule has 1 aliphatic rings. The van der Waals surface area contributed by atoms with E-state index in [9.17, 15) is 18.3 Å². The normalized spacial score (nSPS) is 17.8. The summed E-state index contributed by atoms with van der Waals surface area (Å²) in [5.74, 6) is 1.36. The summed E-state index contributed by atoms with van der Waals surface area (Å²) >= 11 is 0. The highest BCUT2D eigenvalue weighted by Gasteiger charge is 2.53. The molecule has 0 bridgehead atoms. The number of alkyl halides is 3. The van der Waals surface area contributed by atoms with E-state index in [1.165, 1.54) is 19.2 Å². The minimum atomic E-state index is -4.47. The monoisotopic (exact) mass is 528 g/mol. The molecule has 0 saturated carbocycles. The van der Waals surface area contributed by atoms with Gasteiger partial charge in [0.25, 0.3) is 0 Å². The SMILES string of the molecule is COc1nc(-c2nnc3n2CCCC3(Oc2ccc(C(F)(F)F)cc2)C(C)(C)O)ccc1-n1cnc(C)c1. The number of ether oxygens (including phenoxy) is 2. The van der Waals surface area contributed by atoms with Crippen LogP contribution in [-0.2, 0) is 18.3 Å². The van der Waals surface area contributed by atoms with E-state index < -0.39 is 22.9 Å². The smallest absolute Gasteiger partial charge is 0.416 e. The van der Waals surface area contributed by atoms with Crippen molar-refractivity contribution in [3.8, 4) is 28.8 Å². The molecule has 4 aromatic rings. The van der Waals surface area contributed by atoms with Gasteiger partial charge in [-0.1, -0.05) is 0 Å². The van der Waals surface area contributed by atoms with Crippen LogP contribution in [-0.4, -0.2) is 47.1 Å². The number of aryl methyl sites for hydroxylation is 1. The van der Waals surface area contributed by atoms with E-state index >= 15 is 0 Å². The molecule has 1 N–H and O–H groups in total. The van der Waals surface area contributed by atoms with Crippen LogP contribution in [0.1, 0.15) is 43.8 Å². The van der Waals surface area contributed by atoms with E-state index in [1.54, 1.807) is 30.8 Å². The number of methoxy groups -OCH3 is 1. The summed E-state index contributed by atoms with van der Waals surface area (Å²) in [5, 5.41) is 20.1. The summed E-state index contributed by atoms with van der Waals surface area (Å²) in [6.07, 6.45) is 0.0440. The van der Waals surface area contributed by atoms with Crippen LogP contribution in [0.4, 0.5) is 13.2 Å². The van der Waals surface area contributed by atoms with Crippen LogP contribution in [0.25, 0.3) is 17.2 Å². The number of rotatable bonds is 6. The number of hydrogen-bond donors (Lipinski definition) is 1. The minimum absolute atomic E-state index is 0.179. The van der Waals surface area contributed by atoms with Crippen LogP contribution in [0.5, 0.6) is 11.6 Å². The Labute approximate surface area is 216 Å². The number of aliphatic hydroxyl groups is 1. The predicted octanol–water partition coefficient (Wildman–Crippen LogP) is 4.70. The van der Waals surface area contributed by atoms with E-state index in [0.29, 0.717) is 48.3 Å². The van der Waals surface area contributed by atoms with Gasteiger partial charge in [-0.2, -0.15) is 13.2 Å². The summed E-state index contributed by atoms with van der Waals surface area (Å²) in [5.41, 5.74) is -1.56. The van der Waals surface area contributed by atoms with Crippen LogP contribution in [0.2, 0.25) is 0 Å². The molecule has 200 valence electrons. The van der Waals surface area contributed by atoms with E-state index in [1.807, 2.05) is 23.8 Å². The van der Waals surface area contributed by atoms with Gasteiger partial charge in [0, 0.05) is 12.7 Å². The second kappa shape index (κ2) is 9.12. The van der Waals surface area contributed by atoms with E-state index in [-0.39, 0.29) is 5.75 Å². The lowest BCUT2D eigenvalue weighted by Crippen LogP contribution is -2.55. The lowest BCUT2D eigenvalue weighted by atomic mass is 9.79. The molecule has 12 heteroatoms. The molecule has 0 radical (unpaired) electrons. The fourth-order valence-electron chi connectivity index (χ4n) is 4.77. The van der Waals surface area contributed by atoms with E-state index in [0.717, 1.165) is 17.8 Å². The molecule has 9 nitrogen and oxygen atoms in total. The molecule has 0 saturated heterocycles. The summed E-state index contributed by atoms with van der Waals surface area (Å²) < 4.78 is 54.6. The van der Waals surface area contributed by atoms with Crippen molar-refractivity contribution in [2.24, 2.45) is 0 Å². The van der Waals surface area contributed by atoms with Gasteiger partial charge in [-0.3, -0.25) is 0 Å². The fraction of sp³-hybridized carbons (Fsp3) is 0.385. The maximum atomic E-state index is 13.1. The van der Waals surface area contributed by atoms with Crippen LogP contribution in [0.3, 0.4) is 0 Å². The third-order valence-corrected chi connectivity index (χ3v) is 6.74. The first-order valence-corrected chi connectivity index (χ1v) is 12.0. The molecule has 0 amide bonds. The van der Waals surface area contributed by atoms with E-state index in [4.69, 9.17) is 9.47 Å². The zero-order valence-corrected chi connectivity index (χ0v) is 21.3. The molecule has 0 spiro atoms. The molecule has 1 aliphatic heterocycles. The van der Waals surface area contributed by atoms with Crippen molar-refractivity contribution in [1.82, 2.24) is 29.3 Å². The zero-order valence-electron chi connectivity index (χ0n) is 21.3. The number of pyridine rings is 1. The summed E-state index contributed by atoms with van der Waals surface area (Å²) in [4.78, 5) is 8.90. The van der Waals surface area contributed by atoms with Gasteiger partial charge in [0.2, 0.25) is 5.88 Å². The Morgan fingerprint density at radius 3 is 2.39 bits per heavy atom. The van der Waals surface area contributed by atoms with Gasteiger partial charge in [-0.25, -0.2) is 9.97 Å². The second-order valence-electron chi connectivity index (χ2n) is 9.76. The summed E-state index contributed by atoms with van der Waals surface area (Å²) in [7, 11) is 1.52. The van der Waals surface area contributed by atoms with Gasteiger partial charge in [0.1, 0.15) is 22.7 Å². The predicted molar refractivity (Wildman–Crippen MR) is 131 cm³/mol. The summed E-state index contributed by atoms with van der Waals surface area (Å²) in [6, 6.07) is 8.03. The molecular formula is C26H27F3N6O3. The van der Waals surface area contributed by atoms with Crippen molar-refractivity contribution < 1.29 is 27.8 Å². The van der Waals surface area contributed by atoms with Gasteiger partial charge in [0.15, 0.2) is 17.2 Å². The van der Waals surface area contributed by atoms with Crippen molar-refractivity contribution in [2.75, 3.05) is 7.11 Å². The van der Waals surface area contributed by atoms with Gasteiger partial charge in [-0.15, -0.1) is 10.2 Å². The van der Waals surface area contributed by atoms with Crippen LogP contribution in [0.15, 0.2) is 48.9 Å². The molecule has 1 atom stereocenters. The van der Waals surface area contributed by atoms with Gasteiger partial charge < -0.3 is 23.7 Å². The van der Waals surface area contributed by atoms with Gasteiger partial charge in [0.05, 0.1) is 24.7 Å². The number of nitrogens with zero attached hydrogens (tertiary/aromatic N) is 6. The Kier molecular flexibility index (Phi) is 6.17. The standard InChI is InChI=1S/C26H27F3N6O3/c1-16-14-34(15-30-16)20-11-10-19(31-22(20)37-4)21-32-33-23-25(24(2,3)36,12-5-13-35(21)23)38-18-8-6-17(7-9-18)26(27,28)29/h6-11,14-15,36H,5,12-13H2,1-4H3. The second-order valence-corrected chi connectivity index (χ2v) is 9.76. The number of aromatic nitrogens is 6. The molecule has 5 rings (SSSR count).